The first-order valence-corrected chi connectivity index (χ1v) is 9.60. The van der Waals surface area contributed by atoms with Crippen molar-refractivity contribution in [1.82, 2.24) is 5.43 Å². The van der Waals surface area contributed by atoms with E-state index in [0.717, 1.165) is 0 Å². The molecule has 2 N–H and O–H groups in total. The van der Waals surface area contributed by atoms with Gasteiger partial charge in [-0.1, -0.05) is 80.1 Å². The standard InChI is InChI=1S/C24H24N2O3/c1-2-18-24(29,20-14-8-4-9-15-20)23(28)25-26(21-16-10-5-11-17-21)22(27)19-12-6-3-7-13-19/h3-17,29H,2,18H2,1H3,(H,25,28). The third kappa shape index (κ3) is 4.52. The topological polar surface area (TPSA) is 69.6 Å². The van der Waals surface area contributed by atoms with Gasteiger partial charge in [0.25, 0.3) is 11.8 Å². The number of hydrogen-bond acceptors (Lipinski definition) is 3. The van der Waals surface area contributed by atoms with Crippen LogP contribution in [-0.2, 0) is 10.4 Å². The molecule has 148 valence electrons. The lowest BCUT2D eigenvalue weighted by Crippen LogP contribution is -2.54. The maximum Gasteiger partial charge on any atom is 0.277 e. The number of rotatable bonds is 6. The first-order chi connectivity index (χ1) is 14.1. The van der Waals surface area contributed by atoms with E-state index in [-0.39, 0.29) is 6.42 Å². The van der Waals surface area contributed by atoms with Crippen LogP contribution in [0.3, 0.4) is 0 Å². The van der Waals surface area contributed by atoms with Crippen LogP contribution in [0.4, 0.5) is 5.69 Å². The minimum Gasteiger partial charge on any atom is -0.375 e. The number of anilines is 1. The Labute approximate surface area is 170 Å². The fraction of sp³-hybridized carbons (Fsp3) is 0.167. The third-order valence-electron chi connectivity index (χ3n) is 4.69. The number of hydrogen-bond donors (Lipinski definition) is 2. The fourth-order valence-corrected chi connectivity index (χ4v) is 3.18. The van der Waals surface area contributed by atoms with Crippen molar-refractivity contribution >= 4 is 17.5 Å². The summed E-state index contributed by atoms with van der Waals surface area (Å²) in [6.07, 6.45) is 0.821. The Bertz CT molecular complexity index is 946. The van der Waals surface area contributed by atoms with Gasteiger partial charge < -0.3 is 5.11 Å². The lowest BCUT2D eigenvalue weighted by molar-refractivity contribution is -0.141. The van der Waals surface area contributed by atoms with E-state index in [9.17, 15) is 14.7 Å². The molecular weight excluding hydrogens is 364 g/mol. The summed E-state index contributed by atoms with van der Waals surface area (Å²) in [5, 5.41) is 12.4. The van der Waals surface area contributed by atoms with Crippen molar-refractivity contribution < 1.29 is 14.7 Å². The summed E-state index contributed by atoms with van der Waals surface area (Å²) in [4.78, 5) is 26.4. The van der Waals surface area contributed by atoms with Crippen molar-refractivity contribution in [1.29, 1.82) is 0 Å². The molecule has 0 bridgehead atoms. The molecule has 5 heteroatoms. The third-order valence-corrected chi connectivity index (χ3v) is 4.69. The second kappa shape index (κ2) is 9.17. The maximum atomic E-state index is 13.2. The molecule has 29 heavy (non-hydrogen) atoms. The van der Waals surface area contributed by atoms with Gasteiger partial charge in [0.15, 0.2) is 5.60 Å². The summed E-state index contributed by atoms with van der Waals surface area (Å²) < 4.78 is 0. The molecule has 0 spiro atoms. The van der Waals surface area contributed by atoms with Gasteiger partial charge in [0.2, 0.25) is 0 Å². The van der Waals surface area contributed by atoms with Gasteiger partial charge in [0.05, 0.1) is 5.69 Å². The number of hydrazine groups is 1. The van der Waals surface area contributed by atoms with Crippen LogP contribution in [0.5, 0.6) is 0 Å². The van der Waals surface area contributed by atoms with Gasteiger partial charge in [-0.15, -0.1) is 0 Å². The molecular formula is C24H24N2O3. The zero-order chi connectivity index (χ0) is 20.7. The van der Waals surface area contributed by atoms with Crippen LogP contribution in [-0.4, -0.2) is 16.9 Å². The lowest BCUT2D eigenvalue weighted by Gasteiger charge is -2.31. The highest BCUT2D eigenvalue weighted by molar-refractivity contribution is 6.07. The molecule has 0 saturated carbocycles. The van der Waals surface area contributed by atoms with Gasteiger partial charge in [-0.2, -0.15) is 0 Å². The zero-order valence-electron chi connectivity index (χ0n) is 16.3. The van der Waals surface area contributed by atoms with E-state index in [1.807, 2.05) is 25.1 Å². The SMILES string of the molecule is CCCC(O)(C(=O)NN(C(=O)c1ccccc1)c1ccccc1)c1ccccc1. The summed E-state index contributed by atoms with van der Waals surface area (Å²) in [6.45, 7) is 1.89. The summed E-state index contributed by atoms with van der Waals surface area (Å²) in [7, 11) is 0. The Kier molecular flexibility index (Phi) is 6.42. The Hall–Kier alpha value is -3.44. The zero-order valence-corrected chi connectivity index (χ0v) is 16.3. The molecule has 1 atom stereocenters. The number of benzene rings is 3. The Morgan fingerprint density at radius 2 is 1.38 bits per heavy atom. The predicted molar refractivity (Wildman–Crippen MR) is 113 cm³/mol. The molecule has 1 unspecified atom stereocenters. The van der Waals surface area contributed by atoms with Crippen LogP contribution in [0.25, 0.3) is 0 Å². The molecule has 0 aliphatic carbocycles. The Morgan fingerprint density at radius 3 is 1.93 bits per heavy atom. The molecule has 0 aromatic heterocycles. The first-order valence-electron chi connectivity index (χ1n) is 9.60. The van der Waals surface area contributed by atoms with Crippen molar-refractivity contribution in [2.24, 2.45) is 0 Å². The van der Waals surface area contributed by atoms with Crippen molar-refractivity contribution in [3.8, 4) is 0 Å². The number of nitrogens with one attached hydrogen (secondary N) is 1. The number of amides is 2. The molecule has 0 aliphatic heterocycles. The number of carbonyl (C=O) groups excluding carboxylic acids is 2. The van der Waals surface area contributed by atoms with Crippen LogP contribution in [0.2, 0.25) is 0 Å². The fourth-order valence-electron chi connectivity index (χ4n) is 3.18. The van der Waals surface area contributed by atoms with Gasteiger partial charge in [0, 0.05) is 5.56 Å². The van der Waals surface area contributed by atoms with E-state index in [1.165, 1.54) is 5.01 Å². The highest BCUT2D eigenvalue weighted by Gasteiger charge is 2.38. The summed E-state index contributed by atoms with van der Waals surface area (Å²) in [6, 6.07) is 26.3. The molecule has 0 aliphatic rings. The van der Waals surface area contributed by atoms with Crippen LogP contribution < -0.4 is 10.4 Å². The van der Waals surface area contributed by atoms with Crippen molar-refractivity contribution in [2.75, 3.05) is 5.01 Å². The Morgan fingerprint density at radius 1 is 0.862 bits per heavy atom. The quantitative estimate of drug-likeness (QED) is 0.626. The van der Waals surface area contributed by atoms with Crippen LogP contribution in [0.1, 0.15) is 35.7 Å². The second-order valence-corrected chi connectivity index (χ2v) is 6.76. The molecule has 0 radical (unpaired) electrons. The number of aliphatic hydroxyl groups is 1. The largest absolute Gasteiger partial charge is 0.375 e. The predicted octanol–water partition coefficient (Wildman–Crippen LogP) is 4.05. The summed E-state index contributed by atoms with van der Waals surface area (Å²) in [5.41, 5.74) is 2.31. The van der Waals surface area contributed by atoms with Gasteiger partial charge in [-0.05, 0) is 36.2 Å². The minimum atomic E-state index is -1.75. The minimum absolute atomic E-state index is 0.227. The van der Waals surface area contributed by atoms with Crippen molar-refractivity contribution in [3.05, 3.63) is 102 Å². The van der Waals surface area contributed by atoms with Crippen molar-refractivity contribution in [3.63, 3.8) is 0 Å². The lowest BCUT2D eigenvalue weighted by atomic mass is 9.88. The number of carbonyl (C=O) groups is 2. The molecule has 0 heterocycles. The molecule has 3 aromatic carbocycles. The van der Waals surface area contributed by atoms with Gasteiger partial charge >= 0.3 is 0 Å². The van der Waals surface area contributed by atoms with E-state index >= 15 is 0 Å². The van der Waals surface area contributed by atoms with E-state index in [4.69, 9.17) is 0 Å². The van der Waals surface area contributed by atoms with Gasteiger partial charge in [-0.3, -0.25) is 15.0 Å². The molecule has 2 amide bonds. The first kappa shape index (κ1) is 20.3. The smallest absolute Gasteiger partial charge is 0.277 e. The van der Waals surface area contributed by atoms with Crippen molar-refractivity contribution in [2.45, 2.75) is 25.4 Å². The van der Waals surface area contributed by atoms with E-state index in [0.29, 0.717) is 23.2 Å². The molecule has 5 nitrogen and oxygen atoms in total. The average Bonchev–Trinajstić information content (AvgIpc) is 2.78. The molecule has 0 saturated heterocycles. The molecule has 3 aromatic rings. The second-order valence-electron chi connectivity index (χ2n) is 6.76. The van der Waals surface area contributed by atoms with Gasteiger partial charge in [0.1, 0.15) is 0 Å². The Balaban J connectivity index is 1.96. The number of nitrogens with zero attached hydrogens (tertiary/aromatic N) is 1. The van der Waals surface area contributed by atoms with E-state index in [2.05, 4.69) is 5.43 Å². The summed E-state index contributed by atoms with van der Waals surface area (Å²) >= 11 is 0. The van der Waals surface area contributed by atoms with Crippen LogP contribution >= 0.6 is 0 Å². The van der Waals surface area contributed by atoms with Crippen LogP contribution in [0, 0.1) is 0 Å². The summed E-state index contributed by atoms with van der Waals surface area (Å²) in [5.74, 6) is -1.05. The van der Waals surface area contributed by atoms with Crippen LogP contribution in [0.15, 0.2) is 91.0 Å². The molecule has 3 rings (SSSR count). The monoisotopic (exact) mass is 388 g/mol. The molecule has 0 fully saturated rings. The van der Waals surface area contributed by atoms with Gasteiger partial charge in [-0.25, -0.2) is 5.01 Å². The van der Waals surface area contributed by atoms with E-state index in [1.54, 1.807) is 72.8 Å². The highest BCUT2D eigenvalue weighted by Crippen LogP contribution is 2.27. The average molecular weight is 388 g/mol. The normalized spacial score (nSPS) is 12.6. The maximum absolute atomic E-state index is 13.2. The number of para-hydroxylation sites is 1. The van der Waals surface area contributed by atoms with E-state index < -0.39 is 17.4 Å². The highest BCUT2D eigenvalue weighted by atomic mass is 16.3.